The summed E-state index contributed by atoms with van der Waals surface area (Å²) in [7, 11) is 0. The third-order valence-electron chi connectivity index (χ3n) is 5.80. The number of nitrogens with two attached hydrogens (primary N) is 1. The molecule has 0 radical (unpaired) electrons. The van der Waals surface area contributed by atoms with Gasteiger partial charge in [-0.15, -0.1) is 0 Å². The van der Waals surface area contributed by atoms with Crippen molar-refractivity contribution < 1.29 is 27.5 Å². The summed E-state index contributed by atoms with van der Waals surface area (Å²) in [6.07, 6.45) is -4.64. The van der Waals surface area contributed by atoms with Gasteiger partial charge < -0.3 is 21.1 Å². The molecule has 3 aromatic carbocycles. The Morgan fingerprint density at radius 2 is 1.75 bits per heavy atom. The third-order valence-corrected chi connectivity index (χ3v) is 7.36. The number of amides is 2. The van der Waals surface area contributed by atoms with Crippen molar-refractivity contribution in [1.82, 2.24) is 0 Å². The molecule has 1 aliphatic heterocycles. The van der Waals surface area contributed by atoms with Crippen LogP contribution < -0.4 is 21.1 Å². The van der Waals surface area contributed by atoms with Gasteiger partial charge in [-0.05, 0) is 55.8 Å². The number of carbonyl (C=O) groups excluding carboxylic acids is 2. The van der Waals surface area contributed by atoms with E-state index in [1.807, 2.05) is 19.1 Å². The Morgan fingerprint density at radius 3 is 2.45 bits per heavy atom. The minimum absolute atomic E-state index is 0.0326. The second kappa shape index (κ2) is 12.1. The van der Waals surface area contributed by atoms with Gasteiger partial charge in [-0.1, -0.05) is 53.7 Å². The van der Waals surface area contributed by atoms with Crippen LogP contribution in [0.5, 0.6) is 5.75 Å². The number of carbonyl (C=O) groups is 2. The molecule has 0 fully saturated rings. The zero-order valence-electron chi connectivity index (χ0n) is 21.3. The Balaban J connectivity index is 1.70. The average Bonchev–Trinajstić information content (AvgIpc) is 3.23. The number of para-hydroxylation sites is 3. The molecular formula is C28H24ClF3N4O3S. The standard InChI is InChI=1S/C28H24ClF3N4O3S/c1-3-39-21-11-7-6-10-19(21)34-25(37)22-23(33)24(40-27(22)36-18-9-5-4-8-15(18)2)26(38)35-20-14-16(28(30,31)32)12-13-17(20)29/h4-14,24H,3,33H2,1-2H3,(H,34,37)(H,35,38)/t24-/m0/s1. The highest BCUT2D eigenvalue weighted by atomic mass is 35.5. The lowest BCUT2D eigenvalue weighted by molar-refractivity contribution is -0.137. The number of rotatable bonds is 7. The molecule has 208 valence electrons. The molecular weight excluding hydrogens is 565 g/mol. The van der Waals surface area contributed by atoms with Crippen molar-refractivity contribution in [1.29, 1.82) is 0 Å². The number of hydrogen-bond donors (Lipinski definition) is 3. The Kier molecular flexibility index (Phi) is 8.75. The summed E-state index contributed by atoms with van der Waals surface area (Å²) in [6.45, 7) is 4.01. The summed E-state index contributed by atoms with van der Waals surface area (Å²) in [6, 6.07) is 16.6. The van der Waals surface area contributed by atoms with Gasteiger partial charge in [-0.2, -0.15) is 13.2 Å². The van der Waals surface area contributed by atoms with E-state index in [-0.39, 0.29) is 27.0 Å². The topological polar surface area (TPSA) is 106 Å². The molecule has 1 heterocycles. The molecule has 4 N–H and O–H groups in total. The van der Waals surface area contributed by atoms with E-state index in [1.54, 1.807) is 43.3 Å². The van der Waals surface area contributed by atoms with Crippen LogP contribution in [0, 0.1) is 6.92 Å². The highest BCUT2D eigenvalue weighted by Gasteiger charge is 2.39. The third kappa shape index (κ3) is 6.43. The van der Waals surface area contributed by atoms with E-state index in [2.05, 4.69) is 15.6 Å². The highest BCUT2D eigenvalue weighted by Crippen LogP contribution is 2.38. The van der Waals surface area contributed by atoms with E-state index < -0.39 is 28.8 Å². The molecule has 0 saturated heterocycles. The molecule has 4 rings (SSSR count). The number of benzene rings is 3. The smallest absolute Gasteiger partial charge is 0.416 e. The van der Waals surface area contributed by atoms with Gasteiger partial charge in [0.15, 0.2) is 0 Å². The monoisotopic (exact) mass is 588 g/mol. The Labute approximate surface area is 237 Å². The molecule has 3 aromatic rings. The maximum absolute atomic E-state index is 13.5. The summed E-state index contributed by atoms with van der Waals surface area (Å²) in [5, 5.41) is 4.09. The van der Waals surface area contributed by atoms with Crippen LogP contribution >= 0.6 is 23.4 Å². The minimum Gasteiger partial charge on any atom is -0.492 e. The number of nitrogens with one attached hydrogen (secondary N) is 2. The molecule has 0 bridgehead atoms. The molecule has 12 heteroatoms. The zero-order valence-corrected chi connectivity index (χ0v) is 22.9. The first-order chi connectivity index (χ1) is 19.0. The summed E-state index contributed by atoms with van der Waals surface area (Å²) < 4.78 is 45.3. The number of ether oxygens (including phenoxy) is 1. The van der Waals surface area contributed by atoms with E-state index in [1.165, 1.54) is 0 Å². The number of halogens is 4. The first-order valence-corrected chi connectivity index (χ1v) is 13.3. The molecule has 7 nitrogen and oxygen atoms in total. The Hall–Kier alpha value is -3.96. The van der Waals surface area contributed by atoms with Crippen molar-refractivity contribution in [3.8, 4) is 5.75 Å². The maximum atomic E-state index is 13.5. The Morgan fingerprint density at radius 1 is 1.05 bits per heavy atom. The summed E-state index contributed by atoms with van der Waals surface area (Å²) in [5.41, 5.74) is 6.76. The summed E-state index contributed by atoms with van der Waals surface area (Å²) in [4.78, 5) is 31.4. The van der Waals surface area contributed by atoms with Crippen LogP contribution in [-0.4, -0.2) is 28.7 Å². The number of aliphatic imine (C=N–C) groups is 1. The normalized spacial score (nSPS) is 16.2. The van der Waals surface area contributed by atoms with Crippen molar-refractivity contribution in [2.24, 2.45) is 10.7 Å². The van der Waals surface area contributed by atoms with E-state index in [0.717, 1.165) is 35.5 Å². The first-order valence-electron chi connectivity index (χ1n) is 12.0. The zero-order chi connectivity index (χ0) is 29.0. The largest absolute Gasteiger partial charge is 0.492 e. The molecule has 0 spiro atoms. The molecule has 0 aliphatic carbocycles. The Bertz CT molecular complexity index is 1520. The van der Waals surface area contributed by atoms with E-state index >= 15 is 0 Å². The van der Waals surface area contributed by atoms with Gasteiger partial charge in [-0.25, -0.2) is 4.99 Å². The minimum atomic E-state index is -4.64. The van der Waals surface area contributed by atoms with Crippen LogP contribution in [0.3, 0.4) is 0 Å². The number of nitrogens with zero attached hydrogens (tertiary/aromatic N) is 1. The van der Waals surface area contributed by atoms with Crippen LogP contribution in [-0.2, 0) is 15.8 Å². The predicted octanol–water partition coefficient (Wildman–Crippen LogP) is 6.70. The molecule has 1 aliphatic rings. The van der Waals surface area contributed by atoms with Crippen LogP contribution in [0.4, 0.5) is 30.2 Å². The van der Waals surface area contributed by atoms with Crippen LogP contribution in [0.2, 0.25) is 5.02 Å². The van der Waals surface area contributed by atoms with Crippen molar-refractivity contribution in [3.05, 3.63) is 94.1 Å². The van der Waals surface area contributed by atoms with Gasteiger partial charge in [0.25, 0.3) is 5.91 Å². The molecule has 0 saturated carbocycles. The lowest BCUT2D eigenvalue weighted by Crippen LogP contribution is -2.29. The van der Waals surface area contributed by atoms with Gasteiger partial charge in [0.2, 0.25) is 5.91 Å². The quantitative estimate of drug-likeness (QED) is 0.285. The van der Waals surface area contributed by atoms with E-state index in [0.29, 0.717) is 23.7 Å². The number of anilines is 2. The molecule has 0 unspecified atom stereocenters. The molecule has 2 amide bonds. The van der Waals surface area contributed by atoms with E-state index in [9.17, 15) is 22.8 Å². The maximum Gasteiger partial charge on any atom is 0.416 e. The van der Waals surface area contributed by atoms with E-state index in [4.69, 9.17) is 22.1 Å². The molecule has 40 heavy (non-hydrogen) atoms. The molecule has 0 aromatic heterocycles. The lowest BCUT2D eigenvalue weighted by atomic mass is 10.1. The number of alkyl halides is 3. The summed E-state index contributed by atoms with van der Waals surface area (Å²) >= 11 is 6.97. The second-order valence-corrected chi connectivity index (χ2v) is 10.1. The number of thioether (sulfide) groups is 1. The fourth-order valence-corrected chi connectivity index (χ4v) is 5.10. The fraction of sp³-hybridized carbons (Fsp3) is 0.179. The SMILES string of the molecule is CCOc1ccccc1NC(=O)C1=C(N)[C@@H](C(=O)Nc2cc(C(F)(F)F)ccc2Cl)SC1=Nc1ccccc1C. The van der Waals surface area contributed by atoms with Gasteiger partial charge in [0, 0.05) is 5.70 Å². The van der Waals surface area contributed by atoms with Gasteiger partial charge in [-0.3, -0.25) is 9.59 Å². The van der Waals surface area contributed by atoms with Gasteiger partial charge >= 0.3 is 6.18 Å². The van der Waals surface area contributed by atoms with Crippen LogP contribution in [0.25, 0.3) is 0 Å². The van der Waals surface area contributed by atoms with Crippen molar-refractivity contribution in [3.63, 3.8) is 0 Å². The number of aryl methyl sites for hydroxylation is 1. The fourth-order valence-electron chi connectivity index (χ4n) is 3.82. The van der Waals surface area contributed by atoms with Gasteiger partial charge in [0.05, 0.1) is 39.8 Å². The lowest BCUT2D eigenvalue weighted by Gasteiger charge is -2.14. The predicted molar refractivity (Wildman–Crippen MR) is 152 cm³/mol. The second-order valence-electron chi connectivity index (χ2n) is 8.60. The molecule has 1 atom stereocenters. The van der Waals surface area contributed by atoms with Crippen molar-refractivity contribution in [2.75, 3.05) is 17.2 Å². The number of hydrogen-bond acceptors (Lipinski definition) is 6. The first kappa shape index (κ1) is 29.0. The van der Waals surface area contributed by atoms with Crippen molar-refractivity contribution in [2.45, 2.75) is 25.3 Å². The highest BCUT2D eigenvalue weighted by molar-refractivity contribution is 8.16. The van der Waals surface area contributed by atoms with Crippen LogP contribution in [0.1, 0.15) is 18.1 Å². The average molecular weight is 589 g/mol. The van der Waals surface area contributed by atoms with Gasteiger partial charge in [0.1, 0.15) is 16.0 Å². The van der Waals surface area contributed by atoms with Crippen LogP contribution in [0.15, 0.2) is 83.0 Å². The summed E-state index contributed by atoms with van der Waals surface area (Å²) in [5.74, 6) is -0.954. The van der Waals surface area contributed by atoms with Crippen molar-refractivity contribution >= 4 is 57.3 Å².